The zero-order chi connectivity index (χ0) is 18.7. The number of hydrogen-bond donors (Lipinski definition) is 0. The van der Waals surface area contributed by atoms with Crippen LogP contribution in [0.5, 0.6) is 11.5 Å². The Hall–Kier alpha value is -2.06. The first kappa shape index (κ1) is 18.7. The van der Waals surface area contributed by atoms with E-state index >= 15 is 0 Å². The molecule has 0 fully saturated rings. The van der Waals surface area contributed by atoms with Gasteiger partial charge in [-0.1, -0.05) is 25.6 Å². The van der Waals surface area contributed by atoms with Gasteiger partial charge in [0, 0.05) is 29.7 Å². The Kier molecular flexibility index (Phi) is 5.83. The molecule has 0 atom stereocenters. The van der Waals surface area contributed by atoms with Crippen LogP contribution < -0.4 is 9.47 Å². The maximum atomic E-state index is 5.38. The fourth-order valence-electron chi connectivity index (χ4n) is 2.57. The van der Waals surface area contributed by atoms with Crippen LogP contribution in [0, 0.1) is 0 Å². The molecule has 3 rings (SSSR count). The summed E-state index contributed by atoms with van der Waals surface area (Å²) >= 11 is 3.27. The molecule has 0 radical (unpaired) electrons. The molecule has 0 aliphatic rings. The van der Waals surface area contributed by atoms with E-state index in [-0.39, 0.29) is 0 Å². The van der Waals surface area contributed by atoms with E-state index in [0.717, 1.165) is 33.0 Å². The molecule has 0 saturated heterocycles. The lowest BCUT2D eigenvalue weighted by molar-refractivity contribution is 0.355. The van der Waals surface area contributed by atoms with Gasteiger partial charge in [-0.15, -0.1) is 21.5 Å². The third kappa shape index (κ3) is 3.86. The number of aromatic nitrogens is 4. The average Bonchev–Trinajstić information content (AvgIpc) is 3.26. The molecule has 2 aromatic heterocycles. The molecule has 2 heterocycles. The Morgan fingerprint density at radius 3 is 2.58 bits per heavy atom. The zero-order valence-electron chi connectivity index (χ0n) is 15.5. The summed E-state index contributed by atoms with van der Waals surface area (Å²) in [5.41, 5.74) is 2.04. The van der Waals surface area contributed by atoms with Crippen LogP contribution in [0.2, 0.25) is 0 Å². The molecule has 1 aromatic carbocycles. The first-order valence-corrected chi connectivity index (χ1v) is 10.1. The molecular weight excluding hydrogens is 368 g/mol. The predicted octanol–water partition coefficient (Wildman–Crippen LogP) is 4.37. The Labute approximate surface area is 161 Å². The smallest absolute Gasteiger partial charge is 0.191 e. The van der Waals surface area contributed by atoms with Gasteiger partial charge in [-0.3, -0.25) is 0 Å². The van der Waals surface area contributed by atoms with Gasteiger partial charge in [0.05, 0.1) is 19.9 Å². The second kappa shape index (κ2) is 8.09. The molecule has 0 aliphatic carbocycles. The zero-order valence-corrected chi connectivity index (χ0v) is 17.1. The first-order chi connectivity index (χ1) is 12.5. The molecule has 0 saturated carbocycles. The maximum Gasteiger partial charge on any atom is 0.191 e. The van der Waals surface area contributed by atoms with Crippen LogP contribution in [-0.4, -0.2) is 34.0 Å². The van der Waals surface area contributed by atoms with Gasteiger partial charge in [-0.2, -0.15) is 0 Å². The van der Waals surface area contributed by atoms with Crippen molar-refractivity contribution in [3.63, 3.8) is 0 Å². The summed E-state index contributed by atoms with van der Waals surface area (Å²) in [6.07, 6.45) is 0. The van der Waals surface area contributed by atoms with Gasteiger partial charge in [0.1, 0.15) is 10.8 Å². The van der Waals surface area contributed by atoms with Crippen LogP contribution in [-0.2, 0) is 12.8 Å². The average molecular weight is 391 g/mol. The van der Waals surface area contributed by atoms with Gasteiger partial charge in [-0.25, -0.2) is 4.98 Å². The van der Waals surface area contributed by atoms with Crippen molar-refractivity contribution in [2.45, 2.75) is 30.7 Å². The van der Waals surface area contributed by atoms with Crippen molar-refractivity contribution < 1.29 is 9.47 Å². The third-order valence-corrected chi connectivity index (χ3v) is 5.91. The lowest BCUT2D eigenvalue weighted by Gasteiger charge is -2.08. The maximum absolute atomic E-state index is 5.38. The Morgan fingerprint density at radius 2 is 1.92 bits per heavy atom. The SMILES string of the molecule is COc1ccc(-c2nc(CSc3nnc(C(C)C)n3C)cs2)cc1OC. The molecule has 0 amide bonds. The predicted molar refractivity (Wildman–Crippen MR) is 105 cm³/mol. The summed E-state index contributed by atoms with van der Waals surface area (Å²) < 4.78 is 12.7. The summed E-state index contributed by atoms with van der Waals surface area (Å²) in [6.45, 7) is 4.24. The van der Waals surface area contributed by atoms with Crippen LogP contribution in [0.1, 0.15) is 31.3 Å². The van der Waals surface area contributed by atoms with E-state index < -0.39 is 0 Å². The largest absolute Gasteiger partial charge is 0.493 e. The number of thiazole rings is 1. The second-order valence-electron chi connectivity index (χ2n) is 6.06. The molecule has 0 unspecified atom stereocenters. The number of nitrogens with zero attached hydrogens (tertiary/aromatic N) is 4. The highest BCUT2D eigenvalue weighted by Gasteiger charge is 2.14. The molecule has 8 heteroatoms. The summed E-state index contributed by atoms with van der Waals surface area (Å²) in [5.74, 6) is 3.53. The van der Waals surface area contributed by atoms with Gasteiger partial charge >= 0.3 is 0 Å². The number of hydrogen-bond acceptors (Lipinski definition) is 7. The highest BCUT2D eigenvalue weighted by Crippen LogP contribution is 2.34. The minimum absolute atomic E-state index is 0.359. The van der Waals surface area contributed by atoms with E-state index in [0.29, 0.717) is 17.4 Å². The summed E-state index contributed by atoms with van der Waals surface area (Å²) in [5, 5.41) is 12.5. The second-order valence-corrected chi connectivity index (χ2v) is 7.86. The molecular formula is C18H22N4O2S2. The summed E-state index contributed by atoms with van der Waals surface area (Å²) in [6, 6.07) is 5.85. The van der Waals surface area contributed by atoms with Gasteiger partial charge in [0.25, 0.3) is 0 Å². The highest BCUT2D eigenvalue weighted by atomic mass is 32.2. The van der Waals surface area contributed by atoms with E-state index in [4.69, 9.17) is 14.5 Å². The van der Waals surface area contributed by atoms with Crippen molar-refractivity contribution >= 4 is 23.1 Å². The molecule has 0 spiro atoms. The minimum Gasteiger partial charge on any atom is -0.493 e. The lowest BCUT2D eigenvalue weighted by Crippen LogP contribution is -2.00. The summed E-state index contributed by atoms with van der Waals surface area (Å²) in [7, 11) is 5.28. The monoisotopic (exact) mass is 390 g/mol. The van der Waals surface area contributed by atoms with E-state index in [9.17, 15) is 0 Å². The molecule has 138 valence electrons. The van der Waals surface area contributed by atoms with Crippen LogP contribution in [0.25, 0.3) is 10.6 Å². The van der Waals surface area contributed by atoms with Crippen LogP contribution in [0.3, 0.4) is 0 Å². The number of benzene rings is 1. The van der Waals surface area contributed by atoms with Gasteiger partial charge in [0.2, 0.25) is 0 Å². The van der Waals surface area contributed by atoms with E-state index in [1.807, 2.05) is 25.2 Å². The molecule has 0 aliphatic heterocycles. The summed E-state index contributed by atoms with van der Waals surface area (Å²) in [4.78, 5) is 4.74. The van der Waals surface area contributed by atoms with Crippen LogP contribution >= 0.6 is 23.1 Å². The van der Waals surface area contributed by atoms with Crippen molar-refractivity contribution in [3.05, 3.63) is 35.1 Å². The molecule has 0 bridgehead atoms. The Balaban J connectivity index is 1.72. The first-order valence-electron chi connectivity index (χ1n) is 8.22. The standard InChI is InChI=1S/C18H22N4O2S2/c1-11(2)16-20-21-18(22(16)3)26-10-13-9-25-17(19-13)12-6-7-14(23-4)15(8-12)24-5/h6-9,11H,10H2,1-5H3. The number of thioether (sulfide) groups is 1. The number of rotatable bonds is 7. The van der Waals surface area contributed by atoms with E-state index in [1.165, 1.54) is 0 Å². The fraction of sp³-hybridized carbons (Fsp3) is 0.389. The van der Waals surface area contributed by atoms with Gasteiger partial charge < -0.3 is 14.0 Å². The Bertz CT molecular complexity index is 889. The molecule has 6 nitrogen and oxygen atoms in total. The fourth-order valence-corrected chi connectivity index (χ4v) is 4.30. The van der Waals surface area contributed by atoms with E-state index in [2.05, 4.69) is 34.0 Å². The Morgan fingerprint density at radius 1 is 1.15 bits per heavy atom. The van der Waals surface area contributed by atoms with E-state index in [1.54, 1.807) is 37.3 Å². The van der Waals surface area contributed by atoms with Crippen molar-refractivity contribution in [2.24, 2.45) is 7.05 Å². The van der Waals surface area contributed by atoms with Gasteiger partial charge in [0.15, 0.2) is 16.7 Å². The minimum atomic E-state index is 0.359. The van der Waals surface area contributed by atoms with Gasteiger partial charge in [-0.05, 0) is 18.2 Å². The van der Waals surface area contributed by atoms with Crippen LogP contribution in [0.4, 0.5) is 0 Å². The molecule has 0 N–H and O–H groups in total. The molecule has 3 aromatic rings. The van der Waals surface area contributed by atoms with Crippen molar-refractivity contribution in [3.8, 4) is 22.1 Å². The normalized spacial score (nSPS) is 11.2. The quantitative estimate of drug-likeness (QED) is 0.558. The topological polar surface area (TPSA) is 62.1 Å². The van der Waals surface area contributed by atoms with Crippen molar-refractivity contribution in [1.29, 1.82) is 0 Å². The number of ether oxygens (including phenoxy) is 2. The van der Waals surface area contributed by atoms with Crippen LogP contribution in [0.15, 0.2) is 28.7 Å². The molecule has 26 heavy (non-hydrogen) atoms. The third-order valence-electron chi connectivity index (χ3n) is 3.92. The highest BCUT2D eigenvalue weighted by molar-refractivity contribution is 7.98. The number of methoxy groups -OCH3 is 2. The lowest BCUT2D eigenvalue weighted by atomic mass is 10.2. The van der Waals surface area contributed by atoms with Crippen molar-refractivity contribution in [2.75, 3.05) is 14.2 Å². The van der Waals surface area contributed by atoms with Crippen molar-refractivity contribution in [1.82, 2.24) is 19.7 Å².